The zero-order valence-electron chi connectivity index (χ0n) is 16.3. The second kappa shape index (κ2) is 9.04. The number of carbonyl (C=O) groups excluding carboxylic acids is 2. The summed E-state index contributed by atoms with van der Waals surface area (Å²) in [6.07, 6.45) is 4.70. The number of nitrogens with one attached hydrogen (secondary N) is 2. The molecule has 4 rings (SSSR count). The van der Waals surface area contributed by atoms with Gasteiger partial charge in [0.1, 0.15) is 5.82 Å². The van der Waals surface area contributed by atoms with Crippen LogP contribution in [0.25, 0.3) is 17.0 Å². The molecule has 8 nitrogen and oxygen atoms in total. The number of aromatic nitrogens is 3. The fraction of sp³-hybridized carbons (Fsp3) is 0.0909. The molecule has 2 heterocycles. The number of amides is 2. The molecule has 0 spiro atoms. The molecule has 0 saturated heterocycles. The van der Waals surface area contributed by atoms with Crippen LogP contribution >= 0.6 is 0 Å². The van der Waals surface area contributed by atoms with Gasteiger partial charge in [0.2, 0.25) is 5.91 Å². The molecule has 0 aliphatic heterocycles. The van der Waals surface area contributed by atoms with Crippen molar-refractivity contribution in [2.75, 3.05) is 6.54 Å². The second-order valence-corrected chi connectivity index (χ2v) is 6.66. The molecule has 9 heteroatoms. The van der Waals surface area contributed by atoms with Gasteiger partial charge in [-0.3, -0.25) is 9.59 Å². The standard InChI is InChI=1S/C22H18FN5O3/c23-17-10-15(6-7-19(17)28-9-8-24-14-28)12-25-21(29)13-26-22(30)18-11-20(31-27-18)16-4-2-1-3-5-16/h1-11,14H,12-13H2,(H,25,29)(H,26,30). The van der Waals surface area contributed by atoms with Gasteiger partial charge in [-0.25, -0.2) is 9.37 Å². The van der Waals surface area contributed by atoms with E-state index in [0.717, 1.165) is 5.56 Å². The van der Waals surface area contributed by atoms with E-state index < -0.39 is 17.6 Å². The lowest BCUT2D eigenvalue weighted by Crippen LogP contribution is -2.36. The summed E-state index contributed by atoms with van der Waals surface area (Å²) in [5.74, 6) is -0.925. The van der Waals surface area contributed by atoms with Crippen LogP contribution in [0.15, 0.2) is 77.8 Å². The number of halogens is 1. The van der Waals surface area contributed by atoms with Crippen LogP contribution in [-0.4, -0.2) is 33.1 Å². The lowest BCUT2D eigenvalue weighted by Gasteiger charge is -2.09. The van der Waals surface area contributed by atoms with Gasteiger partial charge >= 0.3 is 0 Å². The Hall–Kier alpha value is -4.27. The van der Waals surface area contributed by atoms with Gasteiger partial charge in [-0.2, -0.15) is 0 Å². The Balaban J connectivity index is 1.27. The van der Waals surface area contributed by atoms with Gasteiger partial charge in [0.05, 0.1) is 18.6 Å². The Labute approximate surface area is 176 Å². The number of imidazole rings is 1. The Kier molecular flexibility index (Phi) is 5.84. The average Bonchev–Trinajstić information content (AvgIpc) is 3.49. The van der Waals surface area contributed by atoms with Gasteiger partial charge in [-0.05, 0) is 17.7 Å². The van der Waals surface area contributed by atoms with Crippen LogP contribution in [0, 0.1) is 5.82 Å². The van der Waals surface area contributed by atoms with Crippen molar-refractivity contribution in [1.29, 1.82) is 0 Å². The Morgan fingerprint density at radius 2 is 1.90 bits per heavy atom. The van der Waals surface area contributed by atoms with E-state index in [4.69, 9.17) is 4.52 Å². The fourth-order valence-corrected chi connectivity index (χ4v) is 2.91. The minimum Gasteiger partial charge on any atom is -0.355 e. The maximum absolute atomic E-state index is 14.3. The Morgan fingerprint density at radius 1 is 1.06 bits per heavy atom. The zero-order valence-corrected chi connectivity index (χ0v) is 16.3. The van der Waals surface area contributed by atoms with Gasteiger partial charge in [0.15, 0.2) is 11.5 Å². The fourth-order valence-electron chi connectivity index (χ4n) is 2.91. The summed E-state index contributed by atoms with van der Waals surface area (Å²) in [5.41, 5.74) is 1.81. The molecule has 31 heavy (non-hydrogen) atoms. The molecular formula is C22H18FN5O3. The Bertz CT molecular complexity index is 1190. The quantitative estimate of drug-likeness (QED) is 0.480. The molecule has 0 aliphatic rings. The SMILES string of the molecule is O=C(CNC(=O)c1cc(-c2ccccc2)on1)NCc1ccc(-n2ccnc2)c(F)c1. The van der Waals surface area contributed by atoms with E-state index in [2.05, 4.69) is 20.8 Å². The number of carbonyl (C=O) groups is 2. The molecule has 2 amide bonds. The molecule has 4 aromatic rings. The van der Waals surface area contributed by atoms with Crippen LogP contribution < -0.4 is 10.6 Å². The monoisotopic (exact) mass is 419 g/mol. The van der Waals surface area contributed by atoms with Crippen LogP contribution in [0.4, 0.5) is 4.39 Å². The van der Waals surface area contributed by atoms with Crippen molar-refractivity contribution >= 4 is 11.8 Å². The number of rotatable bonds is 7. The van der Waals surface area contributed by atoms with Gasteiger partial charge < -0.3 is 19.7 Å². The predicted octanol–water partition coefficient (Wildman–Crippen LogP) is 2.71. The average molecular weight is 419 g/mol. The maximum atomic E-state index is 14.3. The maximum Gasteiger partial charge on any atom is 0.273 e. The third-order valence-electron chi connectivity index (χ3n) is 4.49. The first-order valence-electron chi connectivity index (χ1n) is 9.44. The van der Waals surface area contributed by atoms with Gasteiger partial charge in [0.25, 0.3) is 5.91 Å². The third-order valence-corrected chi connectivity index (χ3v) is 4.49. The molecule has 0 aliphatic carbocycles. The number of hydrogen-bond acceptors (Lipinski definition) is 5. The second-order valence-electron chi connectivity index (χ2n) is 6.66. The molecule has 2 aromatic carbocycles. The molecule has 0 unspecified atom stereocenters. The molecule has 0 radical (unpaired) electrons. The highest BCUT2D eigenvalue weighted by Gasteiger charge is 2.14. The van der Waals surface area contributed by atoms with E-state index in [9.17, 15) is 14.0 Å². The largest absolute Gasteiger partial charge is 0.355 e. The first-order valence-corrected chi connectivity index (χ1v) is 9.44. The van der Waals surface area contributed by atoms with E-state index in [1.54, 1.807) is 29.1 Å². The number of hydrogen-bond donors (Lipinski definition) is 2. The van der Waals surface area contributed by atoms with Crippen molar-refractivity contribution in [1.82, 2.24) is 25.3 Å². The summed E-state index contributed by atoms with van der Waals surface area (Å²) in [5, 5.41) is 8.85. The first kappa shape index (κ1) is 20.0. The van der Waals surface area contributed by atoms with E-state index in [-0.39, 0.29) is 18.8 Å². The summed E-state index contributed by atoms with van der Waals surface area (Å²) in [7, 11) is 0. The van der Waals surface area contributed by atoms with Crippen molar-refractivity contribution in [3.8, 4) is 17.0 Å². The van der Waals surface area contributed by atoms with Gasteiger partial charge in [0, 0.05) is 30.6 Å². The Morgan fingerprint density at radius 3 is 2.65 bits per heavy atom. The van der Waals surface area contributed by atoms with E-state index >= 15 is 0 Å². The minimum absolute atomic E-state index is 0.0730. The molecule has 0 saturated carbocycles. The topological polar surface area (TPSA) is 102 Å². The zero-order chi connectivity index (χ0) is 21.6. The molecular weight excluding hydrogens is 401 g/mol. The smallest absolute Gasteiger partial charge is 0.273 e. The van der Waals surface area contributed by atoms with Crippen molar-refractivity contribution < 1.29 is 18.5 Å². The number of benzene rings is 2. The molecule has 0 atom stereocenters. The lowest BCUT2D eigenvalue weighted by atomic mass is 10.1. The summed E-state index contributed by atoms with van der Waals surface area (Å²) >= 11 is 0. The molecule has 156 valence electrons. The van der Waals surface area contributed by atoms with Crippen LogP contribution in [-0.2, 0) is 11.3 Å². The van der Waals surface area contributed by atoms with Crippen LogP contribution in [0.1, 0.15) is 16.1 Å². The van der Waals surface area contributed by atoms with Gasteiger partial charge in [-0.1, -0.05) is 41.6 Å². The van der Waals surface area contributed by atoms with E-state index in [1.165, 1.54) is 18.5 Å². The summed E-state index contributed by atoms with van der Waals surface area (Å²) in [6, 6.07) is 15.4. The molecule has 2 N–H and O–H groups in total. The highest BCUT2D eigenvalue weighted by Crippen LogP contribution is 2.19. The van der Waals surface area contributed by atoms with Crippen LogP contribution in [0.2, 0.25) is 0 Å². The van der Waals surface area contributed by atoms with Crippen molar-refractivity contribution in [3.63, 3.8) is 0 Å². The van der Waals surface area contributed by atoms with Crippen molar-refractivity contribution in [2.45, 2.75) is 6.54 Å². The molecule has 0 bridgehead atoms. The predicted molar refractivity (Wildman–Crippen MR) is 110 cm³/mol. The van der Waals surface area contributed by atoms with Gasteiger partial charge in [-0.15, -0.1) is 0 Å². The van der Waals surface area contributed by atoms with Crippen LogP contribution in [0.3, 0.4) is 0 Å². The summed E-state index contributed by atoms with van der Waals surface area (Å²) in [6.45, 7) is -0.125. The first-order chi connectivity index (χ1) is 15.1. The van der Waals surface area contributed by atoms with Crippen molar-refractivity contribution in [2.24, 2.45) is 0 Å². The highest BCUT2D eigenvalue weighted by atomic mass is 19.1. The highest BCUT2D eigenvalue weighted by molar-refractivity contribution is 5.95. The summed E-state index contributed by atoms with van der Waals surface area (Å²) < 4.78 is 21.0. The van der Waals surface area contributed by atoms with Crippen molar-refractivity contribution in [3.05, 3.63) is 90.4 Å². The number of nitrogens with zero attached hydrogens (tertiary/aromatic N) is 3. The summed E-state index contributed by atoms with van der Waals surface area (Å²) in [4.78, 5) is 28.1. The minimum atomic E-state index is -0.531. The van der Waals surface area contributed by atoms with E-state index in [1.807, 2.05) is 30.3 Å². The third kappa shape index (κ3) is 4.84. The molecule has 0 fully saturated rings. The lowest BCUT2D eigenvalue weighted by molar-refractivity contribution is -0.120. The normalized spacial score (nSPS) is 10.6. The van der Waals surface area contributed by atoms with Crippen LogP contribution in [0.5, 0.6) is 0 Å². The van der Waals surface area contributed by atoms with E-state index in [0.29, 0.717) is 17.0 Å². The molecule has 2 aromatic heterocycles.